The van der Waals surface area contributed by atoms with Gasteiger partial charge in [-0.25, -0.2) is 0 Å². The van der Waals surface area contributed by atoms with E-state index in [4.69, 9.17) is 9.15 Å². The highest BCUT2D eigenvalue weighted by Gasteiger charge is 2.16. The third kappa shape index (κ3) is 6.27. The van der Waals surface area contributed by atoms with E-state index in [1.165, 1.54) is 11.2 Å². The van der Waals surface area contributed by atoms with Gasteiger partial charge in [0, 0.05) is 38.6 Å². The quantitative estimate of drug-likeness (QED) is 0.652. The van der Waals surface area contributed by atoms with E-state index in [0.29, 0.717) is 30.8 Å². The van der Waals surface area contributed by atoms with Crippen molar-refractivity contribution < 1.29 is 23.5 Å². The zero-order valence-electron chi connectivity index (χ0n) is 15.4. The Labute approximate surface area is 157 Å². The van der Waals surface area contributed by atoms with E-state index >= 15 is 0 Å². The van der Waals surface area contributed by atoms with Gasteiger partial charge in [0.1, 0.15) is 0 Å². The van der Waals surface area contributed by atoms with Crippen LogP contribution in [0, 0.1) is 0 Å². The lowest BCUT2D eigenvalue weighted by molar-refractivity contribution is -0.121. The van der Waals surface area contributed by atoms with Crippen LogP contribution in [0.4, 0.5) is 5.69 Å². The molecule has 8 heteroatoms. The Hall–Kier alpha value is -3.13. The van der Waals surface area contributed by atoms with Crippen LogP contribution in [0.25, 0.3) is 0 Å². The van der Waals surface area contributed by atoms with Gasteiger partial charge in [-0.05, 0) is 36.8 Å². The number of likely N-dealkylation sites (N-methyl/N-ethyl adjacent to an activating group) is 1. The van der Waals surface area contributed by atoms with E-state index in [-0.39, 0.29) is 24.1 Å². The van der Waals surface area contributed by atoms with Crippen LogP contribution in [0.15, 0.2) is 47.1 Å². The van der Waals surface area contributed by atoms with Crippen molar-refractivity contribution in [3.05, 3.63) is 54.0 Å². The number of nitrogens with one attached hydrogen (secondary N) is 2. The van der Waals surface area contributed by atoms with Crippen molar-refractivity contribution in [3.8, 4) is 0 Å². The summed E-state index contributed by atoms with van der Waals surface area (Å²) in [6, 6.07) is 9.66. The molecule has 0 saturated carbocycles. The summed E-state index contributed by atoms with van der Waals surface area (Å²) in [5.41, 5.74) is 0.821. The highest BCUT2D eigenvalue weighted by Crippen LogP contribution is 2.14. The van der Waals surface area contributed by atoms with Crippen LogP contribution in [0.2, 0.25) is 0 Å². The molecule has 144 valence electrons. The molecule has 2 N–H and O–H groups in total. The van der Waals surface area contributed by atoms with Crippen LogP contribution in [0.5, 0.6) is 0 Å². The Morgan fingerprint density at radius 3 is 2.70 bits per heavy atom. The normalized spacial score (nSPS) is 10.3. The SMILES string of the molecule is COCCCNC(=O)CN(C)C(=O)c1cccc(NC(=O)c2ccco2)c1. The van der Waals surface area contributed by atoms with Crippen molar-refractivity contribution in [1.82, 2.24) is 10.2 Å². The number of anilines is 1. The molecule has 8 nitrogen and oxygen atoms in total. The molecule has 2 aromatic rings. The summed E-state index contributed by atoms with van der Waals surface area (Å²) in [7, 11) is 3.14. The molecule has 0 atom stereocenters. The third-order valence-electron chi connectivity index (χ3n) is 3.69. The first-order chi connectivity index (χ1) is 13.0. The first-order valence-electron chi connectivity index (χ1n) is 8.47. The van der Waals surface area contributed by atoms with Gasteiger partial charge in [0.05, 0.1) is 12.8 Å². The van der Waals surface area contributed by atoms with Crippen molar-refractivity contribution in [2.24, 2.45) is 0 Å². The summed E-state index contributed by atoms with van der Waals surface area (Å²) in [6.07, 6.45) is 2.11. The van der Waals surface area contributed by atoms with E-state index in [9.17, 15) is 14.4 Å². The summed E-state index contributed by atoms with van der Waals surface area (Å²) in [5.74, 6) is -0.803. The molecule has 0 aliphatic heterocycles. The zero-order valence-corrected chi connectivity index (χ0v) is 15.4. The summed E-state index contributed by atoms with van der Waals surface area (Å²) in [4.78, 5) is 37.7. The van der Waals surface area contributed by atoms with Crippen LogP contribution in [0.1, 0.15) is 27.3 Å². The van der Waals surface area contributed by atoms with Crippen molar-refractivity contribution in [3.63, 3.8) is 0 Å². The molecule has 0 saturated heterocycles. The molecule has 1 heterocycles. The Balaban J connectivity index is 1.91. The van der Waals surface area contributed by atoms with Gasteiger partial charge in [0.2, 0.25) is 5.91 Å². The van der Waals surface area contributed by atoms with E-state index in [1.807, 2.05) is 0 Å². The van der Waals surface area contributed by atoms with Crippen LogP contribution < -0.4 is 10.6 Å². The number of carbonyl (C=O) groups is 3. The van der Waals surface area contributed by atoms with Crippen molar-refractivity contribution in [2.45, 2.75) is 6.42 Å². The fourth-order valence-electron chi connectivity index (χ4n) is 2.34. The second kappa shape index (κ2) is 10.1. The topological polar surface area (TPSA) is 101 Å². The second-order valence-electron chi connectivity index (χ2n) is 5.87. The molecule has 0 radical (unpaired) electrons. The molecule has 0 fully saturated rings. The van der Waals surface area contributed by atoms with Crippen molar-refractivity contribution >= 4 is 23.4 Å². The van der Waals surface area contributed by atoms with E-state index < -0.39 is 5.91 Å². The number of furan rings is 1. The smallest absolute Gasteiger partial charge is 0.291 e. The molecule has 3 amide bonds. The van der Waals surface area contributed by atoms with Gasteiger partial charge >= 0.3 is 0 Å². The zero-order chi connectivity index (χ0) is 19.6. The number of ether oxygens (including phenoxy) is 1. The van der Waals surface area contributed by atoms with Gasteiger partial charge in [-0.3, -0.25) is 14.4 Å². The summed E-state index contributed by atoms with van der Waals surface area (Å²) in [5, 5.41) is 5.39. The molecule has 0 aliphatic carbocycles. The number of carbonyl (C=O) groups excluding carboxylic acids is 3. The number of rotatable bonds is 9. The lowest BCUT2D eigenvalue weighted by Gasteiger charge is -2.17. The minimum atomic E-state index is -0.409. The molecule has 27 heavy (non-hydrogen) atoms. The van der Waals surface area contributed by atoms with Crippen LogP contribution >= 0.6 is 0 Å². The second-order valence-corrected chi connectivity index (χ2v) is 5.87. The fraction of sp³-hybridized carbons (Fsp3) is 0.316. The highest BCUT2D eigenvalue weighted by atomic mass is 16.5. The molecule has 0 aliphatic rings. The van der Waals surface area contributed by atoms with Crippen LogP contribution in [-0.2, 0) is 9.53 Å². The Morgan fingerprint density at radius 2 is 2.00 bits per heavy atom. The maximum absolute atomic E-state index is 12.5. The average Bonchev–Trinajstić information content (AvgIpc) is 3.20. The number of methoxy groups -OCH3 is 1. The molecule has 1 aromatic carbocycles. The third-order valence-corrected chi connectivity index (χ3v) is 3.69. The van der Waals surface area contributed by atoms with Gasteiger partial charge < -0.3 is 24.7 Å². The number of amides is 3. The summed E-state index contributed by atoms with van der Waals surface area (Å²) >= 11 is 0. The Kier molecular flexibility index (Phi) is 7.57. The number of nitrogens with zero attached hydrogens (tertiary/aromatic N) is 1. The van der Waals surface area contributed by atoms with Crippen LogP contribution in [0.3, 0.4) is 0 Å². The van der Waals surface area contributed by atoms with E-state index in [1.54, 1.807) is 50.6 Å². The average molecular weight is 373 g/mol. The maximum Gasteiger partial charge on any atom is 0.291 e. The van der Waals surface area contributed by atoms with Crippen molar-refractivity contribution in [2.75, 3.05) is 39.2 Å². The van der Waals surface area contributed by atoms with E-state index in [0.717, 1.165) is 0 Å². The molecule has 0 unspecified atom stereocenters. The molecule has 0 bridgehead atoms. The van der Waals surface area contributed by atoms with Gasteiger partial charge in [-0.15, -0.1) is 0 Å². The standard InChI is InChI=1S/C19H23N3O5/c1-22(13-17(23)20-9-5-10-26-2)19(25)14-6-3-7-15(12-14)21-18(24)16-8-4-11-27-16/h3-4,6-8,11-12H,5,9-10,13H2,1-2H3,(H,20,23)(H,21,24). The van der Waals surface area contributed by atoms with Crippen molar-refractivity contribution in [1.29, 1.82) is 0 Å². The first kappa shape index (κ1) is 20.2. The van der Waals surface area contributed by atoms with E-state index in [2.05, 4.69) is 10.6 Å². The maximum atomic E-state index is 12.5. The van der Waals surface area contributed by atoms with Gasteiger partial charge in [0.25, 0.3) is 11.8 Å². The molecular weight excluding hydrogens is 350 g/mol. The Morgan fingerprint density at radius 1 is 1.19 bits per heavy atom. The molecule has 1 aromatic heterocycles. The van der Waals surface area contributed by atoms with Gasteiger partial charge in [-0.1, -0.05) is 6.07 Å². The summed E-state index contributed by atoms with van der Waals surface area (Å²) in [6.45, 7) is 0.989. The predicted molar refractivity (Wildman–Crippen MR) is 99.6 cm³/mol. The monoisotopic (exact) mass is 373 g/mol. The number of hydrogen-bond donors (Lipinski definition) is 2. The molecular formula is C19H23N3O5. The fourth-order valence-corrected chi connectivity index (χ4v) is 2.34. The lowest BCUT2D eigenvalue weighted by atomic mass is 10.1. The molecule has 2 rings (SSSR count). The largest absolute Gasteiger partial charge is 0.459 e. The summed E-state index contributed by atoms with van der Waals surface area (Å²) < 4.78 is 9.95. The van der Waals surface area contributed by atoms with Gasteiger partial charge in [0.15, 0.2) is 5.76 Å². The Bertz CT molecular complexity index is 773. The van der Waals surface area contributed by atoms with Gasteiger partial charge in [-0.2, -0.15) is 0 Å². The number of benzene rings is 1. The first-order valence-corrected chi connectivity index (χ1v) is 8.47. The minimum absolute atomic E-state index is 0.0607. The highest BCUT2D eigenvalue weighted by molar-refractivity contribution is 6.03. The molecule has 0 spiro atoms. The predicted octanol–water partition coefficient (Wildman–Crippen LogP) is 1.76. The number of hydrogen-bond acceptors (Lipinski definition) is 5. The lowest BCUT2D eigenvalue weighted by Crippen LogP contribution is -2.38. The minimum Gasteiger partial charge on any atom is -0.459 e. The van der Waals surface area contributed by atoms with Crippen LogP contribution in [-0.4, -0.2) is 56.5 Å².